The Hall–Kier alpha value is -4.02. The van der Waals surface area contributed by atoms with Crippen LogP contribution in [-0.2, 0) is 14.4 Å². The Bertz CT molecular complexity index is 1190. The molecule has 2 N–H and O–H groups in total. The van der Waals surface area contributed by atoms with Gasteiger partial charge in [0.1, 0.15) is 5.82 Å². The van der Waals surface area contributed by atoms with Gasteiger partial charge >= 0.3 is 24.3 Å². The quantitative estimate of drug-likeness (QED) is 0.513. The second-order valence-corrected chi connectivity index (χ2v) is 8.88. The van der Waals surface area contributed by atoms with Gasteiger partial charge in [0, 0.05) is 37.7 Å². The second kappa shape index (κ2) is 12.4. The van der Waals surface area contributed by atoms with Crippen molar-refractivity contribution in [1.29, 1.82) is 0 Å². The number of benzene rings is 1. The summed E-state index contributed by atoms with van der Waals surface area (Å²) < 4.78 is 77.1. The fraction of sp³-hybridized carbons (Fsp3) is 0.435. The Labute approximate surface area is 222 Å². The van der Waals surface area contributed by atoms with E-state index in [1.54, 1.807) is 17.0 Å². The minimum Gasteiger partial charge on any atom is -0.475 e. The van der Waals surface area contributed by atoms with Crippen LogP contribution in [0.4, 0.5) is 42.4 Å². The highest BCUT2D eigenvalue weighted by atomic mass is 19.4. The zero-order valence-electron chi connectivity index (χ0n) is 21.0. The largest absolute Gasteiger partial charge is 0.490 e. The molecule has 4 rings (SSSR count). The van der Waals surface area contributed by atoms with E-state index in [9.17, 15) is 35.5 Å². The molecule has 1 atom stereocenters. The van der Waals surface area contributed by atoms with Crippen LogP contribution in [0.25, 0.3) is 0 Å². The van der Waals surface area contributed by atoms with Crippen molar-refractivity contribution in [2.45, 2.75) is 31.2 Å². The molecule has 3 heterocycles. The average Bonchev–Trinajstić information content (AvgIpc) is 3.27. The van der Waals surface area contributed by atoms with E-state index >= 15 is 0 Å². The first-order valence-corrected chi connectivity index (χ1v) is 11.3. The normalized spacial score (nSPS) is 19.5. The summed E-state index contributed by atoms with van der Waals surface area (Å²) in [6.45, 7) is 4.39. The van der Waals surface area contributed by atoms with Crippen LogP contribution in [0, 0.1) is 12.7 Å². The topological polar surface area (TPSA) is 127 Å². The lowest BCUT2D eigenvalue weighted by Crippen LogP contribution is -2.64. The molecular weight excluding hydrogens is 559 g/mol. The first-order chi connectivity index (χ1) is 18.4. The van der Waals surface area contributed by atoms with Crippen molar-refractivity contribution in [3.05, 3.63) is 48.0 Å². The van der Waals surface area contributed by atoms with Gasteiger partial charge in [-0.3, -0.25) is 9.69 Å². The summed E-state index contributed by atoms with van der Waals surface area (Å²) in [5.74, 6) is -5.13. The number of carbonyl (C=O) groups is 3. The van der Waals surface area contributed by atoms with E-state index in [0.717, 1.165) is 31.0 Å². The van der Waals surface area contributed by atoms with Gasteiger partial charge in [0.15, 0.2) is 0 Å². The lowest BCUT2D eigenvalue weighted by molar-refractivity contribution is -0.193. The van der Waals surface area contributed by atoms with Crippen molar-refractivity contribution < 1.29 is 55.3 Å². The number of rotatable bonds is 2. The molecule has 1 unspecified atom stereocenters. The summed E-state index contributed by atoms with van der Waals surface area (Å²) >= 11 is 0. The molecule has 10 nitrogen and oxygen atoms in total. The van der Waals surface area contributed by atoms with Crippen molar-refractivity contribution in [3.63, 3.8) is 0 Å². The van der Waals surface area contributed by atoms with Crippen LogP contribution in [0.1, 0.15) is 12.0 Å². The summed E-state index contributed by atoms with van der Waals surface area (Å²) in [4.78, 5) is 45.2. The van der Waals surface area contributed by atoms with Gasteiger partial charge in [-0.2, -0.15) is 26.3 Å². The number of halogens is 7. The van der Waals surface area contributed by atoms with Crippen molar-refractivity contribution in [2.24, 2.45) is 0 Å². The van der Waals surface area contributed by atoms with Gasteiger partial charge in [0.05, 0.1) is 12.1 Å². The maximum absolute atomic E-state index is 13.6. The molecule has 0 bridgehead atoms. The van der Waals surface area contributed by atoms with Crippen LogP contribution in [0.5, 0.6) is 0 Å². The maximum Gasteiger partial charge on any atom is 0.490 e. The molecule has 2 fully saturated rings. The summed E-state index contributed by atoms with van der Waals surface area (Å²) in [5, 5.41) is 14.2. The van der Waals surface area contributed by atoms with Crippen LogP contribution in [0.15, 0.2) is 36.7 Å². The van der Waals surface area contributed by atoms with Crippen LogP contribution < -0.4 is 9.80 Å². The first kappa shape index (κ1) is 32.2. The third-order valence-electron chi connectivity index (χ3n) is 5.92. The van der Waals surface area contributed by atoms with Crippen LogP contribution in [-0.4, -0.2) is 94.0 Å². The molecule has 0 radical (unpaired) electrons. The van der Waals surface area contributed by atoms with Crippen molar-refractivity contribution in [3.8, 4) is 0 Å². The molecule has 2 aromatic rings. The van der Waals surface area contributed by atoms with E-state index in [1.165, 1.54) is 12.1 Å². The SMILES string of the molecule is Cc1cnc(N2CCC3(C2)CN(c2cccc(F)c2)C(=O)CN3C)nc1.O=C(O)C(F)(F)F.O=C(O)C(F)(F)F. The van der Waals surface area contributed by atoms with E-state index in [4.69, 9.17) is 19.8 Å². The molecule has 0 aliphatic carbocycles. The Morgan fingerprint density at radius 1 is 0.975 bits per heavy atom. The zero-order valence-corrected chi connectivity index (χ0v) is 21.0. The van der Waals surface area contributed by atoms with Gasteiger partial charge in [-0.05, 0) is 44.2 Å². The smallest absolute Gasteiger partial charge is 0.475 e. The predicted octanol–water partition coefficient (Wildman–Crippen LogP) is 3.12. The number of carboxylic acid groups (broad SMARTS) is 2. The van der Waals surface area contributed by atoms with Crippen LogP contribution >= 0.6 is 0 Å². The Morgan fingerprint density at radius 3 is 1.98 bits per heavy atom. The lowest BCUT2D eigenvalue weighted by atomic mass is 9.92. The number of aryl methyl sites for hydroxylation is 1. The average molecular weight is 583 g/mol. The number of aromatic nitrogens is 2. The molecule has 1 amide bonds. The number of likely N-dealkylation sites (N-methyl/N-ethyl adjacent to an activating group) is 1. The lowest BCUT2D eigenvalue weighted by Gasteiger charge is -2.46. The summed E-state index contributed by atoms with van der Waals surface area (Å²) in [6, 6.07) is 6.25. The molecule has 220 valence electrons. The number of alkyl halides is 6. The fourth-order valence-electron chi connectivity index (χ4n) is 3.86. The Kier molecular flexibility index (Phi) is 10.0. The third-order valence-corrected chi connectivity index (χ3v) is 5.92. The monoisotopic (exact) mass is 583 g/mol. The number of carbonyl (C=O) groups excluding carboxylic acids is 1. The number of piperazine rings is 1. The highest BCUT2D eigenvalue weighted by Gasteiger charge is 2.48. The van der Waals surface area contributed by atoms with Crippen molar-refractivity contribution in [2.75, 3.05) is 43.0 Å². The number of anilines is 2. The van der Waals surface area contributed by atoms with Crippen LogP contribution in [0.3, 0.4) is 0 Å². The Morgan fingerprint density at radius 2 is 1.50 bits per heavy atom. The zero-order chi connectivity index (χ0) is 30.5. The van der Waals surface area contributed by atoms with Gasteiger partial charge < -0.3 is 20.0 Å². The van der Waals surface area contributed by atoms with Gasteiger partial charge in [-0.25, -0.2) is 23.9 Å². The van der Waals surface area contributed by atoms with Gasteiger partial charge in [0.25, 0.3) is 0 Å². The fourth-order valence-corrected chi connectivity index (χ4v) is 3.86. The highest BCUT2D eigenvalue weighted by Crippen LogP contribution is 2.34. The van der Waals surface area contributed by atoms with E-state index in [1.807, 2.05) is 26.4 Å². The standard InChI is InChI=1S/C19H22FN5O.2C2HF3O2/c1-14-9-21-18(22-10-14)24-7-6-19(12-24)13-25(17(26)11-23(19)2)16-5-3-4-15(20)8-16;2*3-2(4,5)1(6)7/h3-5,8-10H,6-7,11-13H2,1-2H3;2*(H,6,7). The van der Waals surface area contributed by atoms with Gasteiger partial charge in [-0.1, -0.05) is 6.07 Å². The summed E-state index contributed by atoms with van der Waals surface area (Å²) in [7, 11) is 1.99. The number of hydrogen-bond donors (Lipinski definition) is 2. The molecule has 0 saturated carbocycles. The third kappa shape index (κ3) is 8.49. The summed E-state index contributed by atoms with van der Waals surface area (Å²) in [6.07, 6.45) is -5.62. The van der Waals surface area contributed by atoms with Crippen LogP contribution in [0.2, 0.25) is 0 Å². The number of nitrogens with zero attached hydrogens (tertiary/aromatic N) is 5. The molecule has 1 aromatic carbocycles. The second-order valence-electron chi connectivity index (χ2n) is 8.88. The minimum atomic E-state index is -5.08. The molecule has 2 aliphatic rings. The molecule has 17 heteroatoms. The predicted molar refractivity (Wildman–Crippen MR) is 125 cm³/mol. The number of hydrogen-bond acceptors (Lipinski definition) is 7. The molecule has 1 spiro atoms. The van der Waals surface area contributed by atoms with E-state index in [-0.39, 0.29) is 17.3 Å². The highest BCUT2D eigenvalue weighted by molar-refractivity contribution is 5.96. The molecule has 2 aliphatic heterocycles. The maximum atomic E-state index is 13.6. The molecule has 40 heavy (non-hydrogen) atoms. The molecular formula is C23H24F7N5O5. The Balaban J connectivity index is 0.000000333. The van der Waals surface area contributed by atoms with Gasteiger partial charge in [-0.15, -0.1) is 0 Å². The number of amides is 1. The first-order valence-electron chi connectivity index (χ1n) is 11.3. The van der Waals surface area contributed by atoms with E-state index < -0.39 is 24.3 Å². The number of carboxylic acids is 2. The van der Waals surface area contributed by atoms with Gasteiger partial charge in [0.2, 0.25) is 11.9 Å². The number of aliphatic carboxylic acids is 2. The molecule has 1 aromatic heterocycles. The van der Waals surface area contributed by atoms with Crippen molar-refractivity contribution in [1.82, 2.24) is 14.9 Å². The minimum absolute atomic E-state index is 0.00578. The molecule has 2 saturated heterocycles. The van der Waals surface area contributed by atoms with E-state index in [2.05, 4.69) is 19.8 Å². The van der Waals surface area contributed by atoms with Crippen molar-refractivity contribution >= 4 is 29.5 Å². The summed E-state index contributed by atoms with van der Waals surface area (Å²) in [5.41, 5.74) is 1.46. The van der Waals surface area contributed by atoms with E-state index in [0.29, 0.717) is 18.8 Å².